The monoisotopic (exact) mass is 437 g/mol. The summed E-state index contributed by atoms with van der Waals surface area (Å²) in [6.07, 6.45) is 3.13. The molecule has 0 fully saturated rings. The smallest absolute Gasteiger partial charge is 0.338 e. The zero-order valence-electron chi connectivity index (χ0n) is 18.4. The molecule has 1 atom stereocenters. The Hall–Kier alpha value is -2.62. The average molecular weight is 438 g/mol. The van der Waals surface area contributed by atoms with Gasteiger partial charge in [0.1, 0.15) is 0 Å². The van der Waals surface area contributed by atoms with Crippen LogP contribution in [0.15, 0.2) is 66.7 Å². The van der Waals surface area contributed by atoms with Gasteiger partial charge in [-0.1, -0.05) is 62.2 Å². The van der Waals surface area contributed by atoms with E-state index in [1.54, 1.807) is 0 Å². The summed E-state index contributed by atoms with van der Waals surface area (Å²) in [4.78, 5) is 12.4. The molecule has 0 aliphatic carbocycles. The first-order chi connectivity index (χ1) is 15.0. The average Bonchev–Trinajstić information content (AvgIpc) is 2.79. The molecular weight excluding hydrogens is 408 g/mol. The molecule has 0 N–H and O–H groups in total. The van der Waals surface area contributed by atoms with E-state index in [1.807, 2.05) is 67.6 Å². The minimum atomic E-state index is -0.339. The number of hydrogen-bond acceptors (Lipinski definition) is 3. The first kappa shape index (κ1) is 23.1. The van der Waals surface area contributed by atoms with E-state index in [1.165, 1.54) is 7.11 Å². The molecule has 3 nitrogen and oxygen atoms in total. The van der Waals surface area contributed by atoms with Gasteiger partial charge in [0.05, 0.1) is 25.4 Å². The molecule has 4 heteroatoms. The van der Waals surface area contributed by atoms with Gasteiger partial charge in [0, 0.05) is 12.1 Å². The van der Waals surface area contributed by atoms with Gasteiger partial charge in [-0.3, -0.25) is 0 Å². The van der Waals surface area contributed by atoms with Crippen LogP contribution in [0.1, 0.15) is 59.3 Å². The van der Waals surface area contributed by atoms with Crippen molar-refractivity contribution in [1.82, 2.24) is 0 Å². The summed E-state index contributed by atoms with van der Waals surface area (Å²) in [5.41, 5.74) is 5.68. The van der Waals surface area contributed by atoms with Crippen LogP contribution in [0.2, 0.25) is 5.02 Å². The van der Waals surface area contributed by atoms with Crippen molar-refractivity contribution in [3.05, 3.63) is 94.0 Å². The number of aryl methyl sites for hydroxylation is 1. The summed E-state index contributed by atoms with van der Waals surface area (Å²) in [6.45, 7) is 4.68. The number of esters is 1. The number of carbonyl (C=O) groups excluding carboxylic acids is 1. The van der Waals surface area contributed by atoms with Crippen molar-refractivity contribution in [2.75, 3.05) is 7.11 Å². The van der Waals surface area contributed by atoms with E-state index in [0.29, 0.717) is 12.2 Å². The highest BCUT2D eigenvalue weighted by molar-refractivity contribution is 5.97. The number of unbranched alkanes of at least 4 members (excludes halogenated alkanes) is 1. The lowest BCUT2D eigenvalue weighted by atomic mass is 9.94. The lowest BCUT2D eigenvalue weighted by Crippen LogP contribution is -2.07. The summed E-state index contributed by atoms with van der Waals surface area (Å²) in [5.74, 6) is -0.339. The van der Waals surface area contributed by atoms with Gasteiger partial charge < -0.3 is 9.47 Å². The highest BCUT2D eigenvalue weighted by atomic mass is 35.5. The number of halogens is 1. The van der Waals surface area contributed by atoms with E-state index in [9.17, 15) is 4.79 Å². The molecule has 3 aromatic carbocycles. The predicted octanol–water partition coefficient (Wildman–Crippen LogP) is 6.59. The Kier molecular flexibility index (Phi) is 8.27. The lowest BCUT2D eigenvalue weighted by Gasteiger charge is -2.19. The molecule has 162 valence electrons. The van der Waals surface area contributed by atoms with Gasteiger partial charge in [-0.25, -0.2) is 4.79 Å². The first-order valence-electron chi connectivity index (χ1n) is 10.7. The van der Waals surface area contributed by atoms with Gasteiger partial charge >= 0.3 is 5.97 Å². The number of benzene rings is 3. The standard InChI is InChI=1S/C27H30ClO3/c1-4-5-13-26(21-10-8-11-22(28)17-21)31-18-20-14-15-24(27(29)30-3)25(16-20)23-12-7-6-9-19(23)2/h6-12,14-17,26,28H,4-5,13,18H2,1-3H3/q+1. The Morgan fingerprint density at radius 1 is 1.00 bits per heavy atom. The van der Waals surface area contributed by atoms with Crippen LogP contribution in [0, 0.1) is 18.5 Å². The molecule has 3 aromatic rings. The minimum Gasteiger partial charge on any atom is -0.465 e. The van der Waals surface area contributed by atoms with Crippen LogP contribution in [0.25, 0.3) is 11.1 Å². The molecule has 0 heterocycles. The molecule has 0 aliphatic heterocycles. The molecule has 0 amide bonds. The van der Waals surface area contributed by atoms with Crippen molar-refractivity contribution in [1.29, 1.82) is 0 Å². The van der Waals surface area contributed by atoms with Crippen LogP contribution in [0.4, 0.5) is 0 Å². The Morgan fingerprint density at radius 2 is 1.81 bits per heavy atom. The molecule has 0 aromatic heterocycles. The molecule has 1 unspecified atom stereocenters. The maximum absolute atomic E-state index is 12.4. The molecular formula is C27H30ClO3+. The van der Waals surface area contributed by atoms with Crippen molar-refractivity contribution >= 4 is 5.97 Å². The fraction of sp³-hybridized carbons (Fsp3) is 0.296. The van der Waals surface area contributed by atoms with Gasteiger partial charge in [-0.05, 0) is 53.3 Å². The quantitative estimate of drug-likeness (QED) is 0.354. The van der Waals surface area contributed by atoms with Gasteiger partial charge in [0.15, 0.2) is 11.6 Å². The summed E-state index contributed by atoms with van der Waals surface area (Å²) in [7, 11) is 1.41. The van der Waals surface area contributed by atoms with Crippen molar-refractivity contribution in [2.45, 2.75) is 45.8 Å². The lowest BCUT2D eigenvalue weighted by molar-refractivity contribution is -0.289. The summed E-state index contributed by atoms with van der Waals surface area (Å²) in [6, 6.07) is 21.9. The molecule has 0 saturated heterocycles. The molecule has 31 heavy (non-hydrogen) atoms. The zero-order valence-corrected chi connectivity index (χ0v) is 19.2. The number of hydrogen-bond donors (Lipinski definition) is 0. The highest BCUT2D eigenvalue weighted by Gasteiger charge is 2.17. The molecule has 0 bridgehead atoms. The fourth-order valence-corrected chi connectivity index (χ4v) is 3.93. The topological polar surface area (TPSA) is 35.5 Å². The highest BCUT2D eigenvalue weighted by Crippen LogP contribution is 2.30. The normalized spacial score (nSPS) is 11.9. The van der Waals surface area contributed by atoms with Crippen molar-refractivity contribution in [3.63, 3.8) is 0 Å². The summed E-state index contributed by atoms with van der Waals surface area (Å²) < 4.78 is 11.4. The van der Waals surface area contributed by atoms with Crippen LogP contribution in [0.5, 0.6) is 0 Å². The Labute approximate surface area is 190 Å². The van der Waals surface area contributed by atoms with E-state index in [0.717, 1.165) is 52.1 Å². The van der Waals surface area contributed by atoms with Crippen LogP contribution in [-0.4, -0.2) is 13.1 Å². The van der Waals surface area contributed by atoms with Gasteiger partial charge in [0.25, 0.3) is 0 Å². The zero-order chi connectivity index (χ0) is 22.2. The van der Waals surface area contributed by atoms with E-state index in [4.69, 9.17) is 21.1 Å². The molecule has 0 radical (unpaired) electrons. The van der Waals surface area contributed by atoms with Gasteiger partial charge in [0.2, 0.25) is 5.02 Å². The second kappa shape index (κ2) is 11.1. The Morgan fingerprint density at radius 3 is 2.52 bits per heavy atom. The molecule has 0 saturated carbocycles. The van der Waals surface area contributed by atoms with Crippen LogP contribution >= 0.6 is 0 Å². The maximum atomic E-state index is 12.4. The van der Waals surface area contributed by atoms with Gasteiger partial charge in [-0.15, -0.1) is 0 Å². The van der Waals surface area contributed by atoms with E-state index >= 15 is 0 Å². The van der Waals surface area contributed by atoms with E-state index < -0.39 is 0 Å². The van der Waals surface area contributed by atoms with Crippen LogP contribution in [0.3, 0.4) is 0 Å². The minimum absolute atomic E-state index is 0.00922. The van der Waals surface area contributed by atoms with Crippen molar-refractivity contribution in [3.8, 4) is 11.1 Å². The second-order valence-electron chi connectivity index (χ2n) is 7.70. The molecule has 0 spiro atoms. The number of methoxy groups -OCH3 is 1. The van der Waals surface area contributed by atoms with E-state index in [2.05, 4.69) is 13.0 Å². The fourth-order valence-electron chi connectivity index (χ4n) is 3.71. The number of ether oxygens (including phenoxy) is 2. The molecule has 0 aliphatic rings. The third kappa shape index (κ3) is 5.96. The maximum Gasteiger partial charge on any atom is 0.338 e. The SMILES string of the molecule is CCCCC(OCc1ccc(C(=O)OC)c(-c2ccccc2C)c1)c1cccc([ClH+])c1. The van der Waals surface area contributed by atoms with Crippen LogP contribution in [-0.2, 0) is 16.1 Å². The molecule has 3 rings (SSSR count). The van der Waals surface area contributed by atoms with E-state index in [-0.39, 0.29) is 12.1 Å². The summed E-state index contributed by atoms with van der Waals surface area (Å²) in [5, 5.41) is 0.826. The number of rotatable bonds is 9. The second-order valence-corrected chi connectivity index (χ2v) is 8.17. The largest absolute Gasteiger partial charge is 0.465 e. The Balaban J connectivity index is 1.89. The predicted molar refractivity (Wildman–Crippen MR) is 122 cm³/mol. The van der Waals surface area contributed by atoms with Crippen molar-refractivity contribution < 1.29 is 25.9 Å². The van der Waals surface area contributed by atoms with Crippen molar-refractivity contribution in [2.24, 2.45) is 0 Å². The third-order valence-corrected chi connectivity index (χ3v) is 5.68. The third-order valence-electron chi connectivity index (χ3n) is 5.43. The van der Waals surface area contributed by atoms with Crippen LogP contribution < -0.4 is 0 Å². The first-order valence-corrected chi connectivity index (χ1v) is 11.1. The number of carbonyl (C=O) groups is 1. The Bertz CT molecular complexity index is 1030. The summed E-state index contributed by atoms with van der Waals surface area (Å²) >= 11 is 5.34. The van der Waals surface area contributed by atoms with Gasteiger partial charge in [-0.2, -0.15) is 0 Å².